The number of amides is 1. The van der Waals surface area contributed by atoms with Crippen LogP contribution in [0.3, 0.4) is 0 Å². The van der Waals surface area contributed by atoms with Gasteiger partial charge in [0.1, 0.15) is 4.88 Å². The monoisotopic (exact) mass is 471 g/mol. The molecule has 2 heterocycles. The number of fused-ring (bicyclic) bond motifs is 2. The molecule has 0 saturated carbocycles. The van der Waals surface area contributed by atoms with Crippen molar-refractivity contribution in [3.05, 3.63) is 57.9 Å². The fraction of sp³-hybridized carbons (Fsp3) is 0.333. The highest BCUT2D eigenvalue weighted by atomic mass is 35.5. The molecule has 2 aromatic carbocycles. The minimum Gasteiger partial charge on any atom is -0.302 e. The summed E-state index contributed by atoms with van der Waals surface area (Å²) in [6, 6.07) is 14.2. The van der Waals surface area contributed by atoms with E-state index in [2.05, 4.69) is 37.8 Å². The highest BCUT2D eigenvalue weighted by Gasteiger charge is 2.26. The maximum Gasteiger partial charge on any atom is 0.271 e. The molecule has 4 aromatic rings. The number of aromatic nitrogens is 1. The Morgan fingerprint density at radius 2 is 1.77 bits per heavy atom. The lowest BCUT2D eigenvalue weighted by atomic mass is 10.2. The van der Waals surface area contributed by atoms with Crippen molar-refractivity contribution in [3.8, 4) is 0 Å². The lowest BCUT2D eigenvalue weighted by Crippen LogP contribution is -2.38. The summed E-state index contributed by atoms with van der Waals surface area (Å²) in [5.74, 6) is -0.0758. The zero-order valence-corrected chi connectivity index (χ0v) is 20.4. The van der Waals surface area contributed by atoms with Gasteiger partial charge in [0.05, 0.1) is 15.2 Å². The van der Waals surface area contributed by atoms with Gasteiger partial charge in [0.25, 0.3) is 5.91 Å². The van der Waals surface area contributed by atoms with E-state index < -0.39 is 0 Å². The molecule has 31 heavy (non-hydrogen) atoms. The number of benzene rings is 2. The molecular weight excluding hydrogens is 446 g/mol. The topological polar surface area (TPSA) is 36.4 Å². The Kier molecular flexibility index (Phi) is 6.92. The predicted octanol–water partition coefficient (Wildman–Crippen LogP) is 6.72. The molecule has 1 amide bonds. The summed E-state index contributed by atoms with van der Waals surface area (Å²) >= 11 is 9.68. The molecule has 0 fully saturated rings. The smallest absolute Gasteiger partial charge is 0.271 e. The predicted molar refractivity (Wildman–Crippen MR) is 135 cm³/mol. The highest BCUT2D eigenvalue weighted by molar-refractivity contribution is 7.23. The second-order valence-electron chi connectivity index (χ2n) is 7.38. The number of hydrogen-bond acceptors (Lipinski definition) is 5. The second-order valence-corrected chi connectivity index (χ2v) is 9.82. The largest absolute Gasteiger partial charge is 0.302 e. The van der Waals surface area contributed by atoms with Gasteiger partial charge in [0.15, 0.2) is 5.13 Å². The van der Waals surface area contributed by atoms with Crippen LogP contribution in [0.15, 0.2) is 42.5 Å². The van der Waals surface area contributed by atoms with Gasteiger partial charge in [-0.3, -0.25) is 9.69 Å². The third kappa shape index (κ3) is 4.48. The number of rotatable bonds is 8. The van der Waals surface area contributed by atoms with Crippen LogP contribution in [0.25, 0.3) is 20.3 Å². The van der Waals surface area contributed by atoms with Crippen molar-refractivity contribution >= 4 is 65.6 Å². The molecule has 0 spiro atoms. The number of anilines is 1. The van der Waals surface area contributed by atoms with Gasteiger partial charge >= 0.3 is 0 Å². The molecule has 162 valence electrons. The maximum atomic E-state index is 13.7. The van der Waals surface area contributed by atoms with Crippen molar-refractivity contribution in [2.75, 3.05) is 31.1 Å². The SMILES string of the molecule is CCc1ccc2nc(N(CCN(CC)CC)C(=O)c3sc4ccccc4c3Cl)sc2c1. The molecular formula is C24H26ClN3OS2. The number of thiazole rings is 1. The van der Waals surface area contributed by atoms with E-state index in [-0.39, 0.29) is 5.91 Å². The van der Waals surface area contributed by atoms with Crippen LogP contribution in [-0.4, -0.2) is 42.0 Å². The molecule has 0 radical (unpaired) electrons. The minimum absolute atomic E-state index is 0.0758. The molecule has 0 bridgehead atoms. The van der Waals surface area contributed by atoms with Crippen molar-refractivity contribution in [2.45, 2.75) is 27.2 Å². The molecule has 0 saturated heterocycles. The molecule has 4 rings (SSSR count). The number of aryl methyl sites for hydroxylation is 1. The number of halogens is 1. The average molecular weight is 472 g/mol. The Morgan fingerprint density at radius 3 is 2.48 bits per heavy atom. The zero-order valence-electron chi connectivity index (χ0n) is 18.0. The summed E-state index contributed by atoms with van der Waals surface area (Å²) < 4.78 is 2.13. The Balaban J connectivity index is 1.74. The van der Waals surface area contributed by atoms with E-state index in [0.29, 0.717) is 16.4 Å². The van der Waals surface area contributed by atoms with Crippen LogP contribution in [0.1, 0.15) is 36.0 Å². The third-order valence-corrected chi connectivity index (χ3v) is 8.29. The van der Waals surface area contributed by atoms with Gasteiger partial charge in [-0.2, -0.15) is 0 Å². The van der Waals surface area contributed by atoms with Crippen LogP contribution < -0.4 is 4.90 Å². The average Bonchev–Trinajstić information content (AvgIpc) is 3.37. The van der Waals surface area contributed by atoms with Crippen molar-refractivity contribution in [3.63, 3.8) is 0 Å². The summed E-state index contributed by atoms with van der Waals surface area (Å²) in [6.07, 6.45) is 0.977. The first-order chi connectivity index (χ1) is 15.0. The fourth-order valence-corrected chi connectivity index (χ4v) is 6.15. The maximum absolute atomic E-state index is 13.7. The standard InChI is InChI=1S/C24H26ClN3OS2/c1-4-16-11-12-18-20(15-16)31-24(26-18)28(14-13-27(5-2)6-3)23(29)22-21(25)17-9-7-8-10-19(17)30-22/h7-12,15H,4-6,13-14H2,1-3H3. The van der Waals surface area contributed by atoms with Gasteiger partial charge in [-0.1, -0.05) is 68.0 Å². The molecule has 2 aromatic heterocycles. The van der Waals surface area contributed by atoms with Crippen LogP contribution in [-0.2, 0) is 6.42 Å². The molecule has 0 aliphatic heterocycles. The Bertz CT molecular complexity index is 1210. The van der Waals surface area contributed by atoms with E-state index in [9.17, 15) is 4.79 Å². The molecule has 0 atom stereocenters. The number of thiophene rings is 1. The first kappa shape index (κ1) is 22.2. The van der Waals surface area contributed by atoms with Crippen LogP contribution in [0, 0.1) is 0 Å². The molecule has 0 N–H and O–H groups in total. The first-order valence-electron chi connectivity index (χ1n) is 10.7. The van der Waals surface area contributed by atoms with Crippen LogP contribution in [0.5, 0.6) is 0 Å². The fourth-order valence-electron chi connectivity index (χ4n) is 3.63. The van der Waals surface area contributed by atoms with Crippen molar-refractivity contribution in [1.29, 1.82) is 0 Å². The summed E-state index contributed by atoms with van der Waals surface area (Å²) in [5, 5.41) is 2.19. The molecule has 0 aliphatic rings. The van der Waals surface area contributed by atoms with E-state index in [4.69, 9.17) is 16.6 Å². The summed E-state index contributed by atoms with van der Waals surface area (Å²) in [7, 11) is 0. The van der Waals surface area contributed by atoms with Gasteiger partial charge < -0.3 is 4.90 Å². The minimum atomic E-state index is -0.0758. The van der Waals surface area contributed by atoms with Gasteiger partial charge in [-0.25, -0.2) is 4.98 Å². The summed E-state index contributed by atoms with van der Waals surface area (Å²) in [5.41, 5.74) is 2.21. The van der Waals surface area contributed by atoms with Gasteiger partial charge in [-0.05, 0) is 43.3 Å². The number of hydrogen-bond donors (Lipinski definition) is 0. The van der Waals surface area contributed by atoms with Crippen molar-refractivity contribution < 1.29 is 4.79 Å². The van der Waals surface area contributed by atoms with E-state index >= 15 is 0 Å². The number of likely N-dealkylation sites (N-methyl/N-ethyl adjacent to an activating group) is 1. The quantitative estimate of drug-likeness (QED) is 0.286. The van der Waals surface area contributed by atoms with E-state index in [1.807, 2.05) is 35.2 Å². The first-order valence-corrected chi connectivity index (χ1v) is 12.7. The Morgan fingerprint density at radius 1 is 1.00 bits per heavy atom. The Hall–Kier alpha value is -1.99. The lowest BCUT2D eigenvalue weighted by molar-refractivity contribution is 0.0988. The number of carbonyl (C=O) groups is 1. The molecule has 0 aliphatic carbocycles. The van der Waals surface area contributed by atoms with E-state index in [1.165, 1.54) is 16.9 Å². The zero-order chi connectivity index (χ0) is 22.0. The van der Waals surface area contributed by atoms with Gasteiger partial charge in [0, 0.05) is 23.2 Å². The van der Waals surface area contributed by atoms with Crippen LogP contribution in [0.2, 0.25) is 5.02 Å². The van der Waals surface area contributed by atoms with Gasteiger partial charge in [-0.15, -0.1) is 11.3 Å². The van der Waals surface area contributed by atoms with Crippen molar-refractivity contribution in [2.24, 2.45) is 0 Å². The second kappa shape index (κ2) is 9.65. The van der Waals surface area contributed by atoms with Crippen LogP contribution in [0.4, 0.5) is 5.13 Å². The number of nitrogens with zero attached hydrogens (tertiary/aromatic N) is 3. The van der Waals surface area contributed by atoms with E-state index in [0.717, 1.165) is 51.5 Å². The van der Waals surface area contributed by atoms with E-state index in [1.54, 1.807) is 11.3 Å². The van der Waals surface area contributed by atoms with Gasteiger partial charge in [0.2, 0.25) is 0 Å². The summed E-state index contributed by atoms with van der Waals surface area (Å²) in [6.45, 7) is 9.68. The van der Waals surface area contributed by atoms with Crippen molar-refractivity contribution in [1.82, 2.24) is 9.88 Å². The van der Waals surface area contributed by atoms with Crippen LogP contribution >= 0.6 is 34.3 Å². The number of carbonyl (C=O) groups excluding carboxylic acids is 1. The normalized spacial score (nSPS) is 11.6. The summed E-state index contributed by atoms with van der Waals surface area (Å²) in [4.78, 5) is 23.2. The molecule has 0 unspecified atom stereocenters. The Labute approximate surface area is 196 Å². The molecule has 4 nitrogen and oxygen atoms in total. The molecule has 7 heteroatoms. The highest BCUT2D eigenvalue weighted by Crippen LogP contribution is 2.38. The lowest BCUT2D eigenvalue weighted by Gasteiger charge is -2.24. The third-order valence-electron chi connectivity index (χ3n) is 5.59.